The molecule has 20 heavy (non-hydrogen) atoms. The van der Waals surface area contributed by atoms with Gasteiger partial charge in [-0.15, -0.1) is 0 Å². The van der Waals surface area contributed by atoms with Crippen molar-refractivity contribution in [2.75, 3.05) is 0 Å². The van der Waals surface area contributed by atoms with Gasteiger partial charge in [-0.3, -0.25) is 0 Å². The van der Waals surface area contributed by atoms with Crippen molar-refractivity contribution < 1.29 is 4.65 Å². The van der Waals surface area contributed by atoms with E-state index in [1.807, 2.05) is 0 Å². The number of hydrogen-bond donors (Lipinski definition) is 1. The molecule has 0 aromatic heterocycles. The second-order valence-electron chi connectivity index (χ2n) is 6.15. The molecule has 0 amide bonds. The number of rotatable bonds is 0. The quantitative estimate of drug-likeness (QED) is 0.736. The maximum Gasteiger partial charge on any atom is 0.376 e. The Morgan fingerprint density at radius 3 is 1.90 bits per heavy atom. The van der Waals surface area contributed by atoms with E-state index in [0.717, 1.165) is 0 Å². The molecule has 2 nitrogen and oxygen atoms in total. The molecule has 2 bridgehead atoms. The Bertz CT molecular complexity index is 595. The van der Waals surface area contributed by atoms with Crippen LogP contribution >= 0.6 is 0 Å². The summed E-state index contributed by atoms with van der Waals surface area (Å²) in [7, 11) is 0.152. The van der Waals surface area contributed by atoms with E-state index in [-0.39, 0.29) is 13.2 Å². The van der Waals surface area contributed by atoms with Crippen LogP contribution in [0.15, 0.2) is 48.5 Å². The lowest BCUT2D eigenvalue weighted by molar-refractivity contribution is 0.161. The van der Waals surface area contributed by atoms with Gasteiger partial charge in [0.2, 0.25) is 0 Å². The van der Waals surface area contributed by atoms with E-state index in [9.17, 15) is 0 Å². The molecule has 1 heterocycles. The van der Waals surface area contributed by atoms with Gasteiger partial charge in [-0.05, 0) is 29.1 Å². The molecule has 2 aromatic carbocycles. The van der Waals surface area contributed by atoms with Crippen LogP contribution in [0, 0.1) is 0 Å². The highest BCUT2D eigenvalue weighted by atomic mass is 16.5. The van der Waals surface area contributed by atoms with Crippen molar-refractivity contribution in [3.05, 3.63) is 70.8 Å². The van der Waals surface area contributed by atoms with E-state index in [2.05, 4.69) is 60.6 Å². The Labute approximate surface area is 119 Å². The Kier molecular flexibility index (Phi) is 2.08. The maximum atomic E-state index is 6.20. The molecule has 2 atom stereocenters. The van der Waals surface area contributed by atoms with Crippen molar-refractivity contribution in [3.63, 3.8) is 0 Å². The Morgan fingerprint density at radius 2 is 1.35 bits per heavy atom. The van der Waals surface area contributed by atoms with Crippen LogP contribution in [0.3, 0.4) is 0 Å². The van der Waals surface area contributed by atoms with E-state index in [4.69, 9.17) is 4.65 Å². The third-order valence-electron chi connectivity index (χ3n) is 5.16. The lowest BCUT2D eigenvalue weighted by Gasteiger charge is -2.47. The molecule has 1 fully saturated rings. The molecular formula is C17H16BNO. The summed E-state index contributed by atoms with van der Waals surface area (Å²) >= 11 is 0. The molecule has 1 N–H and O–H groups in total. The molecule has 0 radical (unpaired) electrons. The van der Waals surface area contributed by atoms with Gasteiger partial charge >= 0.3 is 7.05 Å². The molecule has 0 spiro atoms. The van der Waals surface area contributed by atoms with E-state index in [0.29, 0.717) is 17.9 Å². The van der Waals surface area contributed by atoms with E-state index in [1.54, 1.807) is 0 Å². The zero-order valence-electron chi connectivity index (χ0n) is 11.4. The largest absolute Gasteiger partial charge is 0.416 e. The normalized spacial score (nSPS) is 32.8. The van der Waals surface area contributed by atoms with Crippen LogP contribution in [0.1, 0.15) is 34.1 Å². The van der Waals surface area contributed by atoms with Crippen molar-refractivity contribution in [3.8, 4) is 0 Å². The molecule has 3 aliphatic carbocycles. The van der Waals surface area contributed by atoms with Crippen LogP contribution < -0.4 is 5.23 Å². The summed E-state index contributed by atoms with van der Waals surface area (Å²) in [6.07, 6.45) is 0.278. The highest BCUT2D eigenvalue weighted by Crippen LogP contribution is 2.54. The topological polar surface area (TPSA) is 21.3 Å². The Balaban J connectivity index is 1.81. The summed E-state index contributed by atoms with van der Waals surface area (Å²) in [5.41, 5.74) is 5.91. The van der Waals surface area contributed by atoms with Gasteiger partial charge in [-0.2, -0.15) is 0 Å². The molecule has 4 aliphatic rings. The summed E-state index contributed by atoms with van der Waals surface area (Å²) in [6, 6.07) is 18.2. The van der Waals surface area contributed by atoms with Gasteiger partial charge in [0.15, 0.2) is 0 Å². The van der Waals surface area contributed by atoms with Crippen LogP contribution in [-0.2, 0) is 4.65 Å². The van der Waals surface area contributed by atoms with Gasteiger partial charge in [-0.25, -0.2) is 0 Å². The second-order valence-corrected chi connectivity index (χ2v) is 6.15. The molecule has 3 heteroatoms. The zero-order chi connectivity index (χ0) is 13.3. The summed E-state index contributed by atoms with van der Waals surface area (Å²) in [4.78, 5) is 0. The van der Waals surface area contributed by atoms with Crippen LogP contribution in [0.5, 0.6) is 0 Å². The lowest BCUT2D eigenvalue weighted by atomic mass is 9.60. The predicted octanol–water partition coefficient (Wildman–Crippen LogP) is 2.75. The van der Waals surface area contributed by atoms with Crippen molar-refractivity contribution in [2.24, 2.45) is 0 Å². The molecule has 1 saturated heterocycles. The summed E-state index contributed by atoms with van der Waals surface area (Å²) in [5, 5.41) is 3.65. The average Bonchev–Trinajstić information content (AvgIpc) is 2.88. The molecule has 6 rings (SSSR count). The fourth-order valence-electron chi connectivity index (χ4n) is 4.53. The fourth-order valence-corrected chi connectivity index (χ4v) is 4.53. The van der Waals surface area contributed by atoms with Crippen LogP contribution in [0.25, 0.3) is 0 Å². The lowest BCUT2D eigenvalue weighted by Crippen LogP contribution is -2.49. The SMILES string of the molecule is CB1N[C@H]2C3c4ccccc4C(c4ccccc43)[C@H]2O1. The van der Waals surface area contributed by atoms with Crippen molar-refractivity contribution >= 4 is 7.05 Å². The first-order valence-corrected chi connectivity index (χ1v) is 7.44. The third-order valence-corrected chi connectivity index (χ3v) is 5.16. The van der Waals surface area contributed by atoms with E-state index in [1.165, 1.54) is 22.3 Å². The Hall–Kier alpha value is -1.58. The first kappa shape index (κ1) is 11.1. The van der Waals surface area contributed by atoms with Gasteiger partial charge in [0.1, 0.15) is 0 Å². The van der Waals surface area contributed by atoms with Gasteiger partial charge < -0.3 is 9.88 Å². The van der Waals surface area contributed by atoms with Gasteiger partial charge in [0.05, 0.1) is 6.10 Å². The minimum atomic E-state index is 0.152. The van der Waals surface area contributed by atoms with Crippen LogP contribution in [0.2, 0.25) is 6.82 Å². The summed E-state index contributed by atoms with van der Waals surface area (Å²) < 4.78 is 6.20. The van der Waals surface area contributed by atoms with Crippen molar-refractivity contribution in [1.82, 2.24) is 5.23 Å². The average molecular weight is 261 g/mol. The van der Waals surface area contributed by atoms with E-state index >= 15 is 0 Å². The predicted molar refractivity (Wildman–Crippen MR) is 80.0 cm³/mol. The Morgan fingerprint density at radius 1 is 0.850 bits per heavy atom. The minimum Gasteiger partial charge on any atom is -0.416 e. The smallest absolute Gasteiger partial charge is 0.376 e. The number of benzene rings is 2. The van der Waals surface area contributed by atoms with Crippen molar-refractivity contribution in [2.45, 2.75) is 30.8 Å². The molecular weight excluding hydrogens is 245 g/mol. The summed E-state index contributed by atoms with van der Waals surface area (Å²) in [6.45, 7) is 2.12. The third kappa shape index (κ3) is 1.23. The molecule has 0 unspecified atom stereocenters. The molecule has 0 saturated carbocycles. The maximum absolute atomic E-state index is 6.20. The first-order valence-electron chi connectivity index (χ1n) is 7.44. The molecule has 1 aliphatic heterocycles. The van der Waals surface area contributed by atoms with Crippen LogP contribution in [-0.4, -0.2) is 19.2 Å². The monoisotopic (exact) mass is 261 g/mol. The zero-order valence-corrected chi connectivity index (χ0v) is 11.4. The first-order chi connectivity index (χ1) is 9.84. The molecule has 98 valence electrons. The van der Waals surface area contributed by atoms with Gasteiger partial charge in [-0.1, -0.05) is 48.5 Å². The fraction of sp³-hybridized carbons (Fsp3) is 0.294. The standard InChI is InChI=1S/C17H16BNO/c1-18-19-16-14-10-6-2-4-8-12(10)15(17(16)20-18)13-9-5-3-7-11(13)14/h2-9,14-17,19H,1H3/t14?,15?,16-,17+/m0/s1. The van der Waals surface area contributed by atoms with E-state index < -0.39 is 0 Å². The van der Waals surface area contributed by atoms with Gasteiger partial charge in [0.25, 0.3) is 0 Å². The highest BCUT2D eigenvalue weighted by molar-refractivity contribution is 6.48. The second kappa shape index (κ2) is 3.75. The minimum absolute atomic E-state index is 0.152. The van der Waals surface area contributed by atoms with Gasteiger partial charge in [0, 0.05) is 17.9 Å². The van der Waals surface area contributed by atoms with Crippen LogP contribution in [0.4, 0.5) is 0 Å². The number of nitrogens with one attached hydrogen (secondary N) is 1. The highest BCUT2D eigenvalue weighted by Gasteiger charge is 2.54. The van der Waals surface area contributed by atoms with Crippen molar-refractivity contribution in [1.29, 1.82) is 0 Å². The summed E-state index contributed by atoms with van der Waals surface area (Å²) in [5.74, 6) is 0.817. The number of hydrogen-bond acceptors (Lipinski definition) is 2. The molecule has 2 aromatic rings.